The van der Waals surface area contributed by atoms with Crippen molar-refractivity contribution in [2.45, 2.75) is 45.6 Å². The Kier molecular flexibility index (Phi) is 4.73. The Balaban J connectivity index is 2.18. The molecule has 2 rings (SSSR count). The molecule has 4 nitrogen and oxygen atoms in total. The van der Waals surface area contributed by atoms with Crippen molar-refractivity contribution in [3.63, 3.8) is 0 Å². The second-order valence-electron chi connectivity index (χ2n) is 5.83. The van der Waals surface area contributed by atoms with E-state index in [2.05, 4.69) is 18.8 Å². The number of nitriles is 1. The molecule has 0 unspecified atom stereocenters. The summed E-state index contributed by atoms with van der Waals surface area (Å²) < 4.78 is 0. The first kappa shape index (κ1) is 14.5. The van der Waals surface area contributed by atoms with Gasteiger partial charge in [-0.2, -0.15) is 5.26 Å². The van der Waals surface area contributed by atoms with Crippen LogP contribution in [0.4, 0.5) is 0 Å². The minimum atomic E-state index is -0.00455. The van der Waals surface area contributed by atoms with Crippen molar-refractivity contribution < 1.29 is 4.79 Å². The lowest BCUT2D eigenvalue weighted by molar-refractivity contribution is 0.0649. The van der Waals surface area contributed by atoms with Crippen molar-refractivity contribution >= 4 is 5.91 Å². The van der Waals surface area contributed by atoms with Gasteiger partial charge in [0.15, 0.2) is 0 Å². The van der Waals surface area contributed by atoms with Crippen LogP contribution in [0.25, 0.3) is 0 Å². The normalized spacial score (nSPS) is 15.3. The van der Waals surface area contributed by atoms with Gasteiger partial charge < -0.3 is 4.90 Å². The number of carbonyl (C=O) groups is 1. The van der Waals surface area contributed by atoms with Crippen molar-refractivity contribution in [1.29, 1.82) is 5.26 Å². The first-order valence-corrected chi connectivity index (χ1v) is 7.29. The standard InChI is InChI=1S/C16H21N3O/c1-12(2)11-19(14-5-3-4-6-14)16(20)15-8-7-13(9-17)10-18-15/h7-8,10,12,14H,3-6,11H2,1-2H3. The molecular weight excluding hydrogens is 250 g/mol. The van der Waals surface area contributed by atoms with Crippen molar-refractivity contribution in [1.82, 2.24) is 9.88 Å². The molecule has 1 aromatic heterocycles. The molecular formula is C16H21N3O. The van der Waals surface area contributed by atoms with E-state index >= 15 is 0 Å². The summed E-state index contributed by atoms with van der Waals surface area (Å²) in [5.74, 6) is 0.438. The van der Waals surface area contributed by atoms with E-state index in [4.69, 9.17) is 5.26 Å². The number of carbonyl (C=O) groups excluding carboxylic acids is 1. The van der Waals surface area contributed by atoms with Crippen LogP contribution in [0.3, 0.4) is 0 Å². The minimum Gasteiger partial charge on any atom is -0.334 e. The number of hydrogen-bond donors (Lipinski definition) is 0. The van der Waals surface area contributed by atoms with Gasteiger partial charge in [0.05, 0.1) is 5.56 Å². The van der Waals surface area contributed by atoms with Crippen LogP contribution in [0, 0.1) is 17.2 Å². The Morgan fingerprint density at radius 3 is 2.65 bits per heavy atom. The van der Waals surface area contributed by atoms with E-state index in [9.17, 15) is 4.79 Å². The quantitative estimate of drug-likeness (QED) is 0.846. The fourth-order valence-corrected chi connectivity index (χ4v) is 2.74. The molecule has 1 saturated carbocycles. The molecule has 4 heteroatoms. The molecule has 1 amide bonds. The van der Waals surface area contributed by atoms with Crippen LogP contribution < -0.4 is 0 Å². The number of aromatic nitrogens is 1. The molecule has 20 heavy (non-hydrogen) atoms. The van der Waals surface area contributed by atoms with Crippen LogP contribution >= 0.6 is 0 Å². The van der Waals surface area contributed by atoms with Crippen LogP contribution in [-0.4, -0.2) is 28.4 Å². The molecule has 0 atom stereocenters. The Morgan fingerprint density at radius 1 is 1.45 bits per heavy atom. The second-order valence-corrected chi connectivity index (χ2v) is 5.83. The third-order valence-corrected chi connectivity index (χ3v) is 3.70. The van der Waals surface area contributed by atoms with Gasteiger partial charge in [-0.3, -0.25) is 4.79 Å². The van der Waals surface area contributed by atoms with Crippen LogP contribution in [-0.2, 0) is 0 Å². The first-order valence-electron chi connectivity index (χ1n) is 7.29. The molecule has 0 N–H and O–H groups in total. The Bertz CT molecular complexity index is 495. The molecule has 0 aromatic carbocycles. The molecule has 0 aliphatic heterocycles. The molecule has 1 aromatic rings. The zero-order valence-corrected chi connectivity index (χ0v) is 12.2. The molecule has 1 fully saturated rings. The predicted molar refractivity (Wildman–Crippen MR) is 77.1 cm³/mol. The van der Waals surface area contributed by atoms with Gasteiger partial charge in [-0.1, -0.05) is 26.7 Å². The zero-order chi connectivity index (χ0) is 14.5. The number of pyridine rings is 1. The topological polar surface area (TPSA) is 57.0 Å². The average Bonchev–Trinajstić information content (AvgIpc) is 2.98. The molecule has 106 valence electrons. The SMILES string of the molecule is CC(C)CN(C(=O)c1ccc(C#N)cn1)C1CCCC1. The number of nitrogens with zero attached hydrogens (tertiary/aromatic N) is 3. The lowest BCUT2D eigenvalue weighted by atomic mass is 10.1. The Morgan fingerprint density at radius 2 is 2.15 bits per heavy atom. The summed E-state index contributed by atoms with van der Waals surface area (Å²) in [5.41, 5.74) is 0.925. The van der Waals surface area contributed by atoms with Gasteiger partial charge in [-0.25, -0.2) is 4.98 Å². The second kappa shape index (κ2) is 6.51. The van der Waals surface area contributed by atoms with Gasteiger partial charge in [0.2, 0.25) is 0 Å². The average molecular weight is 271 g/mol. The number of amides is 1. The van der Waals surface area contributed by atoms with Crippen molar-refractivity contribution in [2.75, 3.05) is 6.54 Å². The molecule has 0 saturated heterocycles. The van der Waals surface area contributed by atoms with Crippen LogP contribution in [0.5, 0.6) is 0 Å². The van der Waals surface area contributed by atoms with E-state index in [1.54, 1.807) is 12.1 Å². The lowest BCUT2D eigenvalue weighted by Gasteiger charge is -2.30. The maximum Gasteiger partial charge on any atom is 0.272 e. The fraction of sp³-hybridized carbons (Fsp3) is 0.562. The third kappa shape index (κ3) is 3.36. The summed E-state index contributed by atoms with van der Waals surface area (Å²) in [6.07, 6.45) is 6.06. The van der Waals surface area contributed by atoms with Crippen molar-refractivity contribution in [2.24, 2.45) is 5.92 Å². The van der Waals surface area contributed by atoms with Gasteiger partial charge in [0.25, 0.3) is 5.91 Å². The van der Waals surface area contributed by atoms with Crippen LogP contribution in [0.2, 0.25) is 0 Å². The highest BCUT2D eigenvalue weighted by Gasteiger charge is 2.28. The van der Waals surface area contributed by atoms with E-state index in [0.717, 1.165) is 19.4 Å². The molecule has 1 aliphatic carbocycles. The molecule has 0 bridgehead atoms. The summed E-state index contributed by atoms with van der Waals surface area (Å²) in [4.78, 5) is 18.8. The monoisotopic (exact) mass is 271 g/mol. The summed E-state index contributed by atoms with van der Waals surface area (Å²) in [7, 11) is 0. The minimum absolute atomic E-state index is 0.00455. The van der Waals surface area contributed by atoms with Gasteiger partial charge in [0.1, 0.15) is 11.8 Å². The Labute approximate surface area is 120 Å². The summed E-state index contributed by atoms with van der Waals surface area (Å²) in [5, 5.41) is 8.78. The maximum absolute atomic E-state index is 12.6. The molecule has 1 aliphatic rings. The zero-order valence-electron chi connectivity index (χ0n) is 12.2. The van der Waals surface area contributed by atoms with Crippen molar-refractivity contribution in [3.8, 4) is 6.07 Å². The predicted octanol–water partition coefficient (Wildman–Crippen LogP) is 2.99. The Hall–Kier alpha value is -1.89. The maximum atomic E-state index is 12.6. The summed E-state index contributed by atoms with van der Waals surface area (Å²) in [6, 6.07) is 5.68. The van der Waals surface area contributed by atoms with Gasteiger partial charge in [-0.15, -0.1) is 0 Å². The van der Waals surface area contributed by atoms with E-state index in [0.29, 0.717) is 23.2 Å². The molecule has 0 radical (unpaired) electrons. The van der Waals surface area contributed by atoms with Gasteiger partial charge in [0, 0.05) is 18.8 Å². The van der Waals surface area contributed by atoms with Crippen molar-refractivity contribution in [3.05, 3.63) is 29.6 Å². The van der Waals surface area contributed by atoms with Crippen LogP contribution in [0.1, 0.15) is 55.6 Å². The molecule has 0 spiro atoms. The highest BCUT2D eigenvalue weighted by atomic mass is 16.2. The van der Waals surface area contributed by atoms with Gasteiger partial charge >= 0.3 is 0 Å². The molecule has 1 heterocycles. The van der Waals surface area contributed by atoms with E-state index in [1.165, 1.54) is 19.0 Å². The smallest absolute Gasteiger partial charge is 0.272 e. The highest BCUT2D eigenvalue weighted by Crippen LogP contribution is 2.25. The highest BCUT2D eigenvalue weighted by molar-refractivity contribution is 5.92. The lowest BCUT2D eigenvalue weighted by Crippen LogP contribution is -2.41. The van der Waals surface area contributed by atoms with Gasteiger partial charge in [-0.05, 0) is 30.9 Å². The first-order chi connectivity index (χ1) is 9.61. The summed E-state index contributed by atoms with van der Waals surface area (Å²) >= 11 is 0. The van der Waals surface area contributed by atoms with E-state index in [-0.39, 0.29) is 5.91 Å². The van der Waals surface area contributed by atoms with E-state index in [1.807, 2.05) is 11.0 Å². The van der Waals surface area contributed by atoms with Crippen LogP contribution in [0.15, 0.2) is 18.3 Å². The van der Waals surface area contributed by atoms with E-state index < -0.39 is 0 Å². The largest absolute Gasteiger partial charge is 0.334 e. The third-order valence-electron chi connectivity index (χ3n) is 3.70. The summed E-state index contributed by atoms with van der Waals surface area (Å²) in [6.45, 7) is 5.02. The number of rotatable bonds is 4. The number of hydrogen-bond acceptors (Lipinski definition) is 3. The fourth-order valence-electron chi connectivity index (χ4n) is 2.74.